The van der Waals surface area contributed by atoms with Gasteiger partial charge in [0.2, 0.25) is 0 Å². The van der Waals surface area contributed by atoms with Crippen molar-refractivity contribution in [1.29, 1.82) is 0 Å². The van der Waals surface area contributed by atoms with Crippen molar-refractivity contribution in [3.05, 3.63) is 51.8 Å². The van der Waals surface area contributed by atoms with Gasteiger partial charge in [0.15, 0.2) is 0 Å². The lowest BCUT2D eigenvalue weighted by atomic mass is 9.72. The number of rotatable bonds is 3. The maximum Gasteiger partial charge on any atom is 0.315 e. The molecule has 4 rings (SSSR count). The molecule has 0 saturated heterocycles. The van der Waals surface area contributed by atoms with E-state index in [-0.39, 0.29) is 17.6 Å². The normalized spacial score (nSPS) is 21.1. The zero-order valence-electron chi connectivity index (χ0n) is 14.4. The summed E-state index contributed by atoms with van der Waals surface area (Å²) in [4.78, 5) is 12.7. The number of carbonyl (C=O) groups is 1. The quantitative estimate of drug-likeness (QED) is 0.816. The van der Waals surface area contributed by atoms with Crippen molar-refractivity contribution in [3.8, 4) is 0 Å². The van der Waals surface area contributed by atoms with Gasteiger partial charge in [-0.3, -0.25) is 4.68 Å². The van der Waals surface area contributed by atoms with Crippen molar-refractivity contribution < 1.29 is 4.79 Å². The van der Waals surface area contributed by atoms with E-state index in [1.54, 1.807) is 0 Å². The van der Waals surface area contributed by atoms with E-state index in [1.165, 1.54) is 11.3 Å². The Balaban J connectivity index is 1.48. The summed E-state index contributed by atoms with van der Waals surface area (Å²) < 4.78 is 2.98. The summed E-state index contributed by atoms with van der Waals surface area (Å²) in [5.41, 5.74) is 3.36. The molecular weight excluding hydrogens is 380 g/mol. The molecule has 6 heteroatoms. The van der Waals surface area contributed by atoms with Crippen molar-refractivity contribution in [2.45, 2.75) is 50.1 Å². The molecule has 0 radical (unpaired) electrons. The smallest absolute Gasteiger partial charge is 0.315 e. The fourth-order valence-electron chi connectivity index (χ4n) is 4.05. The van der Waals surface area contributed by atoms with Crippen LogP contribution in [0.4, 0.5) is 4.79 Å². The molecule has 1 unspecified atom stereocenters. The summed E-state index contributed by atoms with van der Waals surface area (Å²) in [7, 11) is 1.97. The molecule has 2 aromatic rings. The maximum absolute atomic E-state index is 12.7. The summed E-state index contributed by atoms with van der Waals surface area (Å²) in [6.07, 6.45) is 8.11. The van der Waals surface area contributed by atoms with Crippen molar-refractivity contribution in [3.63, 3.8) is 0 Å². The standard InChI is InChI=1S/C19H23BrN4O/c1-24-17-5-2-4-16(15(17)12-21-24)22-18(25)23-19(10-3-11-19)13-6-8-14(20)9-7-13/h6-9,12,16H,2-5,10-11H2,1H3,(H2,22,23,25). The molecule has 2 N–H and O–H groups in total. The van der Waals surface area contributed by atoms with E-state index in [2.05, 4.69) is 43.8 Å². The number of carbonyl (C=O) groups excluding carboxylic acids is 1. The summed E-state index contributed by atoms with van der Waals surface area (Å²) in [5.74, 6) is 0. The molecule has 1 fully saturated rings. The van der Waals surface area contributed by atoms with Gasteiger partial charge < -0.3 is 10.6 Å². The Bertz CT molecular complexity index is 779. The van der Waals surface area contributed by atoms with Crippen LogP contribution >= 0.6 is 15.9 Å². The fourth-order valence-corrected chi connectivity index (χ4v) is 4.32. The Morgan fingerprint density at radius 2 is 2.04 bits per heavy atom. The average Bonchev–Trinajstić information content (AvgIpc) is 2.95. The number of halogens is 1. The van der Waals surface area contributed by atoms with E-state index in [0.29, 0.717) is 0 Å². The lowest BCUT2D eigenvalue weighted by Crippen LogP contribution is -2.54. The minimum atomic E-state index is -0.225. The average molecular weight is 403 g/mol. The van der Waals surface area contributed by atoms with Crippen LogP contribution in [-0.2, 0) is 19.0 Å². The van der Waals surface area contributed by atoms with Crippen molar-refractivity contribution >= 4 is 22.0 Å². The predicted molar refractivity (Wildman–Crippen MR) is 100 cm³/mol. The molecule has 5 nitrogen and oxygen atoms in total. The van der Waals surface area contributed by atoms with Crippen LogP contribution < -0.4 is 10.6 Å². The highest BCUT2D eigenvalue weighted by molar-refractivity contribution is 9.10. The Morgan fingerprint density at radius 1 is 1.28 bits per heavy atom. The molecule has 132 valence electrons. The van der Waals surface area contributed by atoms with Crippen molar-refractivity contribution in [2.24, 2.45) is 7.05 Å². The molecule has 1 aromatic heterocycles. The number of nitrogens with zero attached hydrogens (tertiary/aromatic N) is 2. The molecule has 1 heterocycles. The van der Waals surface area contributed by atoms with E-state index in [9.17, 15) is 4.79 Å². The first-order chi connectivity index (χ1) is 12.1. The Morgan fingerprint density at radius 3 is 2.72 bits per heavy atom. The number of urea groups is 1. The van der Waals surface area contributed by atoms with E-state index >= 15 is 0 Å². The van der Waals surface area contributed by atoms with Crippen LogP contribution in [0.5, 0.6) is 0 Å². The molecule has 25 heavy (non-hydrogen) atoms. The first-order valence-corrected chi connectivity index (χ1v) is 9.72. The van der Waals surface area contributed by atoms with E-state index in [4.69, 9.17) is 0 Å². The van der Waals surface area contributed by atoms with Crippen molar-refractivity contribution in [1.82, 2.24) is 20.4 Å². The van der Waals surface area contributed by atoms with Gasteiger partial charge >= 0.3 is 6.03 Å². The number of hydrogen-bond acceptors (Lipinski definition) is 2. The largest absolute Gasteiger partial charge is 0.331 e. The van der Waals surface area contributed by atoms with Crippen LogP contribution in [0.15, 0.2) is 34.9 Å². The van der Waals surface area contributed by atoms with Gasteiger partial charge in [-0.2, -0.15) is 5.10 Å². The second-order valence-electron chi connectivity index (χ2n) is 7.16. The highest BCUT2D eigenvalue weighted by Crippen LogP contribution is 2.41. The number of aryl methyl sites for hydroxylation is 1. The van der Waals surface area contributed by atoms with E-state index < -0.39 is 0 Å². The van der Waals surface area contributed by atoms with Gasteiger partial charge in [0.1, 0.15) is 0 Å². The second kappa shape index (κ2) is 6.48. The van der Waals surface area contributed by atoms with Gasteiger partial charge in [-0.25, -0.2) is 4.79 Å². The molecule has 2 aliphatic carbocycles. The van der Waals surface area contributed by atoms with Gasteiger partial charge in [-0.1, -0.05) is 28.1 Å². The van der Waals surface area contributed by atoms with Gasteiger partial charge in [-0.15, -0.1) is 0 Å². The molecule has 1 atom stereocenters. The molecule has 0 bridgehead atoms. The lowest BCUT2D eigenvalue weighted by Gasteiger charge is -2.43. The third-order valence-electron chi connectivity index (χ3n) is 5.64. The van der Waals surface area contributed by atoms with Gasteiger partial charge in [-0.05, 0) is 56.2 Å². The molecule has 0 aliphatic heterocycles. The molecule has 1 saturated carbocycles. The number of nitrogens with one attached hydrogen (secondary N) is 2. The number of amides is 2. The first kappa shape index (κ1) is 16.6. The van der Waals surface area contributed by atoms with Crippen LogP contribution in [0, 0.1) is 0 Å². The van der Waals surface area contributed by atoms with Gasteiger partial charge in [0, 0.05) is 22.8 Å². The molecule has 0 spiro atoms. The summed E-state index contributed by atoms with van der Waals surface area (Å²) >= 11 is 3.48. The van der Waals surface area contributed by atoms with Crippen LogP contribution in [-0.4, -0.2) is 15.8 Å². The number of aromatic nitrogens is 2. The predicted octanol–water partition coefficient (Wildman–Crippen LogP) is 3.94. The maximum atomic E-state index is 12.7. The van der Waals surface area contributed by atoms with Crippen LogP contribution in [0.2, 0.25) is 0 Å². The third kappa shape index (κ3) is 3.08. The second-order valence-corrected chi connectivity index (χ2v) is 8.07. The zero-order chi connectivity index (χ0) is 17.4. The molecular formula is C19H23BrN4O. The highest BCUT2D eigenvalue weighted by Gasteiger charge is 2.40. The first-order valence-electron chi connectivity index (χ1n) is 8.93. The summed E-state index contributed by atoms with van der Waals surface area (Å²) in [6, 6.07) is 8.26. The number of fused-ring (bicyclic) bond motifs is 1. The summed E-state index contributed by atoms with van der Waals surface area (Å²) in [5, 5.41) is 10.8. The molecule has 2 aliphatic rings. The third-order valence-corrected chi connectivity index (χ3v) is 6.17. The Kier molecular flexibility index (Phi) is 4.31. The van der Waals surface area contributed by atoms with Gasteiger partial charge in [0.25, 0.3) is 0 Å². The monoisotopic (exact) mass is 402 g/mol. The van der Waals surface area contributed by atoms with Crippen LogP contribution in [0.3, 0.4) is 0 Å². The lowest BCUT2D eigenvalue weighted by molar-refractivity contribution is 0.174. The molecule has 1 aromatic carbocycles. The fraction of sp³-hybridized carbons (Fsp3) is 0.474. The molecule has 2 amide bonds. The number of benzene rings is 1. The highest BCUT2D eigenvalue weighted by atomic mass is 79.9. The topological polar surface area (TPSA) is 59.0 Å². The Labute approximate surface area is 156 Å². The summed E-state index contributed by atoms with van der Waals surface area (Å²) in [6.45, 7) is 0. The minimum absolute atomic E-state index is 0.0551. The van der Waals surface area contributed by atoms with E-state index in [1.807, 2.05) is 30.1 Å². The minimum Gasteiger partial charge on any atom is -0.331 e. The Hall–Kier alpha value is -1.82. The van der Waals surface area contributed by atoms with E-state index in [0.717, 1.165) is 48.6 Å². The van der Waals surface area contributed by atoms with Crippen LogP contribution in [0.25, 0.3) is 0 Å². The van der Waals surface area contributed by atoms with Gasteiger partial charge in [0.05, 0.1) is 17.8 Å². The van der Waals surface area contributed by atoms with Crippen molar-refractivity contribution in [2.75, 3.05) is 0 Å². The SMILES string of the molecule is Cn1ncc2c1CCCC2NC(=O)NC1(c2ccc(Br)cc2)CCC1. The van der Waals surface area contributed by atoms with Crippen LogP contribution in [0.1, 0.15) is 55.0 Å². The zero-order valence-corrected chi connectivity index (χ0v) is 16.0. The number of hydrogen-bond donors (Lipinski definition) is 2.